The summed E-state index contributed by atoms with van der Waals surface area (Å²) in [6.07, 6.45) is 0.781. The molecule has 0 aromatic heterocycles. The number of nitrogens with zero attached hydrogens (tertiary/aromatic N) is 1. The number of likely N-dealkylation sites (N-methyl/N-ethyl adjacent to an activating group) is 1. The molecule has 0 bridgehead atoms. The van der Waals surface area contributed by atoms with E-state index in [2.05, 4.69) is 35.2 Å². The van der Waals surface area contributed by atoms with Crippen LogP contribution in [0.15, 0.2) is 54.6 Å². The number of esters is 1. The first-order valence-corrected chi connectivity index (χ1v) is 7.26. The molecule has 1 saturated heterocycles. The van der Waals surface area contributed by atoms with Crippen molar-refractivity contribution in [2.45, 2.75) is 19.0 Å². The Morgan fingerprint density at radius 2 is 1.81 bits per heavy atom. The molecule has 0 aliphatic carbocycles. The largest absolute Gasteiger partial charge is 0.464 e. The van der Waals surface area contributed by atoms with Crippen LogP contribution in [0.4, 0.5) is 0 Å². The lowest BCUT2D eigenvalue weighted by Gasteiger charge is -2.22. The van der Waals surface area contributed by atoms with E-state index in [1.165, 1.54) is 16.7 Å². The molecule has 1 aliphatic heterocycles. The predicted octanol–water partition coefficient (Wildman–Crippen LogP) is 3.10. The van der Waals surface area contributed by atoms with E-state index in [1.807, 2.05) is 31.3 Å². The van der Waals surface area contributed by atoms with Gasteiger partial charge in [0.1, 0.15) is 6.04 Å². The lowest BCUT2D eigenvalue weighted by molar-refractivity contribution is -0.142. The first kappa shape index (κ1) is 13.8. The fraction of sp³-hybridized carbons (Fsp3) is 0.278. The van der Waals surface area contributed by atoms with E-state index in [0.717, 1.165) is 13.0 Å². The first-order chi connectivity index (χ1) is 10.3. The molecule has 1 heterocycles. The van der Waals surface area contributed by atoms with Gasteiger partial charge in [-0.05, 0) is 23.7 Å². The van der Waals surface area contributed by atoms with Gasteiger partial charge in [-0.15, -0.1) is 0 Å². The summed E-state index contributed by atoms with van der Waals surface area (Å²) in [5, 5.41) is 0. The van der Waals surface area contributed by atoms with Gasteiger partial charge >= 0.3 is 5.97 Å². The Hall–Kier alpha value is -2.13. The second-order valence-corrected chi connectivity index (χ2v) is 5.41. The van der Waals surface area contributed by atoms with Crippen molar-refractivity contribution in [2.24, 2.45) is 0 Å². The Kier molecular flexibility index (Phi) is 4.02. The molecule has 0 amide bonds. The molecule has 2 aromatic rings. The molecular weight excluding hydrogens is 262 g/mol. The lowest BCUT2D eigenvalue weighted by atomic mass is 9.99. The average molecular weight is 281 g/mol. The summed E-state index contributed by atoms with van der Waals surface area (Å²) in [4.78, 5) is 13.8. The maximum absolute atomic E-state index is 11.7. The van der Waals surface area contributed by atoms with E-state index in [1.54, 1.807) is 0 Å². The van der Waals surface area contributed by atoms with Crippen molar-refractivity contribution >= 4 is 5.97 Å². The van der Waals surface area contributed by atoms with Crippen molar-refractivity contribution in [2.75, 3.05) is 13.7 Å². The monoisotopic (exact) mass is 281 g/mol. The Balaban J connectivity index is 1.84. The summed E-state index contributed by atoms with van der Waals surface area (Å²) in [7, 11) is 1.99. The molecule has 1 atom stereocenters. The number of ether oxygens (including phenoxy) is 1. The van der Waals surface area contributed by atoms with Crippen LogP contribution >= 0.6 is 0 Å². The topological polar surface area (TPSA) is 29.5 Å². The van der Waals surface area contributed by atoms with Gasteiger partial charge in [-0.2, -0.15) is 0 Å². The summed E-state index contributed by atoms with van der Waals surface area (Å²) >= 11 is 0. The molecule has 0 saturated carbocycles. The molecule has 0 unspecified atom stereocenters. The van der Waals surface area contributed by atoms with Crippen LogP contribution in [0.5, 0.6) is 0 Å². The first-order valence-electron chi connectivity index (χ1n) is 7.26. The SMILES string of the molecule is CN(Cc1ccccc1-c1ccccc1)[C@H]1CCOC1=O. The van der Waals surface area contributed by atoms with Gasteiger partial charge in [0.15, 0.2) is 0 Å². The molecule has 3 nitrogen and oxygen atoms in total. The number of rotatable bonds is 4. The summed E-state index contributed by atoms with van der Waals surface area (Å²) in [5.74, 6) is -0.102. The predicted molar refractivity (Wildman–Crippen MR) is 82.7 cm³/mol. The second kappa shape index (κ2) is 6.10. The Morgan fingerprint density at radius 3 is 2.52 bits per heavy atom. The number of carbonyl (C=O) groups is 1. The zero-order valence-corrected chi connectivity index (χ0v) is 12.2. The van der Waals surface area contributed by atoms with E-state index in [-0.39, 0.29) is 12.0 Å². The van der Waals surface area contributed by atoms with E-state index in [9.17, 15) is 4.79 Å². The molecule has 108 valence electrons. The smallest absolute Gasteiger partial charge is 0.323 e. The molecule has 0 spiro atoms. The fourth-order valence-electron chi connectivity index (χ4n) is 2.82. The van der Waals surface area contributed by atoms with E-state index in [4.69, 9.17) is 4.74 Å². The van der Waals surface area contributed by atoms with Gasteiger partial charge in [0, 0.05) is 13.0 Å². The number of cyclic esters (lactones) is 1. The van der Waals surface area contributed by atoms with E-state index < -0.39 is 0 Å². The number of hydrogen-bond acceptors (Lipinski definition) is 3. The minimum atomic E-state index is -0.117. The third-order valence-electron chi connectivity index (χ3n) is 3.96. The average Bonchev–Trinajstić information content (AvgIpc) is 2.95. The molecule has 3 rings (SSSR count). The summed E-state index contributed by atoms with van der Waals surface area (Å²) in [5.41, 5.74) is 3.65. The van der Waals surface area contributed by atoms with Crippen LogP contribution in [0.3, 0.4) is 0 Å². The van der Waals surface area contributed by atoms with Gasteiger partial charge in [0.05, 0.1) is 6.61 Å². The highest BCUT2D eigenvalue weighted by Gasteiger charge is 2.30. The summed E-state index contributed by atoms with van der Waals surface area (Å²) in [6, 6.07) is 18.6. The van der Waals surface area contributed by atoms with Crippen LogP contribution in [-0.4, -0.2) is 30.6 Å². The minimum absolute atomic E-state index is 0.102. The van der Waals surface area contributed by atoms with Crippen molar-refractivity contribution in [1.29, 1.82) is 0 Å². The fourth-order valence-corrected chi connectivity index (χ4v) is 2.82. The van der Waals surface area contributed by atoms with Gasteiger partial charge in [0.2, 0.25) is 0 Å². The normalized spacial score (nSPS) is 18.0. The highest BCUT2D eigenvalue weighted by Crippen LogP contribution is 2.25. The molecule has 2 aromatic carbocycles. The van der Waals surface area contributed by atoms with Gasteiger partial charge < -0.3 is 4.74 Å². The number of hydrogen-bond donors (Lipinski definition) is 0. The zero-order valence-electron chi connectivity index (χ0n) is 12.2. The third-order valence-corrected chi connectivity index (χ3v) is 3.96. The molecule has 0 N–H and O–H groups in total. The number of benzene rings is 2. The third kappa shape index (κ3) is 2.98. The van der Waals surface area contributed by atoms with Crippen LogP contribution in [0.1, 0.15) is 12.0 Å². The van der Waals surface area contributed by atoms with Gasteiger partial charge in [-0.3, -0.25) is 9.69 Å². The maximum atomic E-state index is 11.7. The highest BCUT2D eigenvalue weighted by molar-refractivity contribution is 5.77. The Labute approximate surface area is 125 Å². The van der Waals surface area contributed by atoms with Crippen molar-refractivity contribution in [1.82, 2.24) is 4.90 Å². The minimum Gasteiger partial charge on any atom is -0.464 e. The van der Waals surface area contributed by atoms with Crippen LogP contribution in [0, 0.1) is 0 Å². The van der Waals surface area contributed by atoms with Crippen LogP contribution < -0.4 is 0 Å². The van der Waals surface area contributed by atoms with Gasteiger partial charge in [0.25, 0.3) is 0 Å². The second-order valence-electron chi connectivity index (χ2n) is 5.41. The molecule has 1 aliphatic rings. The standard InChI is InChI=1S/C18H19NO2/c1-19(17-11-12-21-18(17)20)13-15-9-5-6-10-16(15)14-7-3-2-4-8-14/h2-10,17H,11-13H2,1H3/t17-/m0/s1. The van der Waals surface area contributed by atoms with Crippen molar-refractivity contribution in [3.63, 3.8) is 0 Å². The molecule has 1 fully saturated rings. The van der Waals surface area contributed by atoms with Crippen LogP contribution in [0.25, 0.3) is 11.1 Å². The maximum Gasteiger partial charge on any atom is 0.323 e. The van der Waals surface area contributed by atoms with Crippen molar-refractivity contribution in [3.8, 4) is 11.1 Å². The van der Waals surface area contributed by atoms with Crippen molar-refractivity contribution < 1.29 is 9.53 Å². The Morgan fingerprint density at radius 1 is 1.10 bits per heavy atom. The van der Waals surface area contributed by atoms with Gasteiger partial charge in [-0.25, -0.2) is 0 Å². The highest BCUT2D eigenvalue weighted by atomic mass is 16.5. The zero-order chi connectivity index (χ0) is 14.7. The van der Waals surface area contributed by atoms with E-state index in [0.29, 0.717) is 6.61 Å². The van der Waals surface area contributed by atoms with E-state index >= 15 is 0 Å². The van der Waals surface area contributed by atoms with Crippen LogP contribution in [0.2, 0.25) is 0 Å². The molecular formula is C18H19NO2. The number of carbonyl (C=O) groups excluding carboxylic acids is 1. The quantitative estimate of drug-likeness (QED) is 0.807. The molecule has 3 heteroatoms. The Bertz CT molecular complexity index is 624. The van der Waals surface area contributed by atoms with Crippen molar-refractivity contribution in [3.05, 3.63) is 60.2 Å². The summed E-state index contributed by atoms with van der Waals surface area (Å²) in [6.45, 7) is 1.28. The lowest BCUT2D eigenvalue weighted by Crippen LogP contribution is -2.34. The molecule has 0 radical (unpaired) electrons. The summed E-state index contributed by atoms with van der Waals surface area (Å²) < 4.78 is 5.06. The van der Waals surface area contributed by atoms with Gasteiger partial charge in [-0.1, -0.05) is 54.6 Å². The molecule has 21 heavy (non-hydrogen) atoms. The van der Waals surface area contributed by atoms with Crippen LogP contribution in [-0.2, 0) is 16.1 Å².